The van der Waals surface area contributed by atoms with Crippen molar-refractivity contribution in [1.82, 2.24) is 10.3 Å². The first kappa shape index (κ1) is 26.6. The van der Waals surface area contributed by atoms with E-state index in [0.29, 0.717) is 40.6 Å². The standard InChI is InChI=1S/C30H32ClFN2O4/c1-29(2)21-15-27(34-28(20(21)16-33-29)18-5-9-23(32)22(31)13-18)30(3,36)12-11-24(35)17-6-10-25(26(14-17)37-4)38-19-7-8-19/h5-6,9-10,13-15,19,33,36H,7-8,11-12,16H2,1-4H3. The average molecular weight is 539 g/mol. The van der Waals surface area contributed by atoms with E-state index in [1.165, 1.54) is 6.07 Å². The predicted octanol–water partition coefficient (Wildman–Crippen LogP) is 6.30. The Morgan fingerprint density at radius 3 is 2.66 bits per heavy atom. The van der Waals surface area contributed by atoms with Crippen molar-refractivity contribution < 1.29 is 23.8 Å². The summed E-state index contributed by atoms with van der Waals surface area (Å²) in [6.07, 6.45) is 2.54. The molecule has 0 bridgehead atoms. The number of rotatable bonds is 9. The Morgan fingerprint density at radius 2 is 1.97 bits per heavy atom. The molecule has 0 saturated heterocycles. The molecule has 0 spiro atoms. The van der Waals surface area contributed by atoms with Gasteiger partial charge in [0.15, 0.2) is 17.3 Å². The molecule has 1 unspecified atom stereocenters. The van der Waals surface area contributed by atoms with Gasteiger partial charge in [-0.3, -0.25) is 4.79 Å². The summed E-state index contributed by atoms with van der Waals surface area (Å²) in [7, 11) is 1.55. The van der Waals surface area contributed by atoms with Gasteiger partial charge >= 0.3 is 0 Å². The Hall–Kier alpha value is -3.00. The van der Waals surface area contributed by atoms with Crippen molar-refractivity contribution in [3.05, 3.63) is 75.7 Å². The summed E-state index contributed by atoms with van der Waals surface area (Å²) in [5.41, 5.74) is 2.49. The van der Waals surface area contributed by atoms with Gasteiger partial charge in [0.2, 0.25) is 0 Å². The lowest BCUT2D eigenvalue weighted by molar-refractivity contribution is 0.0396. The molecule has 1 atom stereocenters. The van der Waals surface area contributed by atoms with E-state index in [-0.39, 0.29) is 35.3 Å². The number of nitrogens with zero attached hydrogens (tertiary/aromatic N) is 1. The number of halogens is 2. The predicted molar refractivity (Wildman–Crippen MR) is 144 cm³/mol. The van der Waals surface area contributed by atoms with Gasteiger partial charge in [-0.1, -0.05) is 11.6 Å². The van der Waals surface area contributed by atoms with Crippen molar-refractivity contribution in [2.75, 3.05) is 7.11 Å². The summed E-state index contributed by atoms with van der Waals surface area (Å²) in [6.45, 7) is 6.38. The van der Waals surface area contributed by atoms with Crippen LogP contribution in [0.2, 0.25) is 5.02 Å². The molecule has 2 N–H and O–H groups in total. The summed E-state index contributed by atoms with van der Waals surface area (Å²) in [4.78, 5) is 17.9. The van der Waals surface area contributed by atoms with Gasteiger partial charge in [0.05, 0.1) is 29.6 Å². The Morgan fingerprint density at radius 1 is 1.21 bits per heavy atom. The van der Waals surface area contributed by atoms with Crippen molar-refractivity contribution in [2.24, 2.45) is 0 Å². The molecule has 1 aliphatic heterocycles. The van der Waals surface area contributed by atoms with Crippen LogP contribution in [0.25, 0.3) is 11.3 Å². The minimum absolute atomic E-state index is 0.00926. The third-order valence-electron chi connectivity index (χ3n) is 7.39. The van der Waals surface area contributed by atoms with Gasteiger partial charge in [-0.15, -0.1) is 0 Å². The molecule has 1 aliphatic carbocycles. The molecule has 1 fully saturated rings. The average Bonchev–Trinajstić information content (AvgIpc) is 3.65. The number of nitrogens with one attached hydrogen (secondary N) is 1. The van der Waals surface area contributed by atoms with Crippen LogP contribution in [-0.2, 0) is 17.7 Å². The van der Waals surface area contributed by atoms with Crippen LogP contribution in [0.5, 0.6) is 11.5 Å². The highest BCUT2D eigenvalue weighted by atomic mass is 35.5. The first-order valence-corrected chi connectivity index (χ1v) is 13.2. The van der Waals surface area contributed by atoms with E-state index in [1.807, 2.05) is 6.07 Å². The maximum absolute atomic E-state index is 13.9. The number of methoxy groups -OCH3 is 1. The van der Waals surface area contributed by atoms with Crippen LogP contribution in [0, 0.1) is 5.82 Å². The van der Waals surface area contributed by atoms with Crippen molar-refractivity contribution in [3.8, 4) is 22.8 Å². The van der Waals surface area contributed by atoms with Gasteiger partial charge in [0.1, 0.15) is 11.4 Å². The second-order valence-electron chi connectivity index (χ2n) is 10.9. The highest BCUT2D eigenvalue weighted by molar-refractivity contribution is 6.31. The first-order chi connectivity index (χ1) is 18.0. The van der Waals surface area contributed by atoms with Crippen LogP contribution < -0.4 is 14.8 Å². The summed E-state index contributed by atoms with van der Waals surface area (Å²) < 4.78 is 25.2. The summed E-state index contributed by atoms with van der Waals surface area (Å²) in [6, 6.07) is 11.6. The van der Waals surface area contributed by atoms with Gasteiger partial charge in [-0.25, -0.2) is 9.37 Å². The molecule has 2 aliphatic rings. The van der Waals surface area contributed by atoms with E-state index in [2.05, 4.69) is 19.2 Å². The van der Waals surface area contributed by atoms with Gasteiger partial charge < -0.3 is 19.9 Å². The Bertz CT molecular complexity index is 1400. The van der Waals surface area contributed by atoms with E-state index in [1.54, 1.807) is 44.4 Å². The van der Waals surface area contributed by atoms with Crippen LogP contribution >= 0.6 is 11.6 Å². The molecule has 8 heteroatoms. The third-order valence-corrected chi connectivity index (χ3v) is 7.68. The fourth-order valence-corrected chi connectivity index (χ4v) is 4.98. The molecule has 5 rings (SSSR count). The summed E-state index contributed by atoms with van der Waals surface area (Å²) in [5.74, 6) is 0.531. The molecule has 1 aromatic heterocycles. The zero-order valence-electron chi connectivity index (χ0n) is 22.0. The van der Waals surface area contributed by atoms with Crippen LogP contribution in [0.3, 0.4) is 0 Å². The number of benzene rings is 2. The molecule has 6 nitrogen and oxygen atoms in total. The molecule has 0 amide bonds. The number of aliphatic hydroxyl groups is 1. The second-order valence-corrected chi connectivity index (χ2v) is 11.3. The van der Waals surface area contributed by atoms with Crippen molar-refractivity contribution in [2.45, 2.75) is 70.2 Å². The van der Waals surface area contributed by atoms with E-state index < -0.39 is 11.4 Å². The Balaban J connectivity index is 1.41. The van der Waals surface area contributed by atoms with E-state index >= 15 is 0 Å². The second kappa shape index (κ2) is 9.95. The zero-order chi connectivity index (χ0) is 27.2. The van der Waals surface area contributed by atoms with E-state index in [0.717, 1.165) is 24.0 Å². The Labute approximate surface area is 227 Å². The number of carbonyl (C=O) groups is 1. The lowest BCUT2D eigenvalue weighted by Crippen LogP contribution is -2.30. The minimum atomic E-state index is -1.39. The van der Waals surface area contributed by atoms with Gasteiger partial charge in [-0.05, 0) is 93.6 Å². The molecular weight excluding hydrogens is 507 g/mol. The van der Waals surface area contributed by atoms with Crippen LogP contribution in [0.1, 0.15) is 73.6 Å². The lowest BCUT2D eigenvalue weighted by Gasteiger charge is -2.27. The molecule has 2 aromatic carbocycles. The minimum Gasteiger partial charge on any atom is -0.493 e. The molecule has 3 aromatic rings. The molecule has 0 radical (unpaired) electrons. The molecule has 200 valence electrons. The quantitative estimate of drug-likeness (QED) is 0.311. The van der Waals surface area contributed by atoms with Crippen LogP contribution in [0.15, 0.2) is 42.5 Å². The van der Waals surface area contributed by atoms with Crippen molar-refractivity contribution in [1.29, 1.82) is 0 Å². The number of hydrogen-bond donors (Lipinski definition) is 2. The molecule has 2 heterocycles. The number of aromatic nitrogens is 1. The number of hydrogen-bond acceptors (Lipinski definition) is 6. The zero-order valence-corrected chi connectivity index (χ0v) is 22.8. The summed E-state index contributed by atoms with van der Waals surface area (Å²) in [5, 5.41) is 15.0. The largest absolute Gasteiger partial charge is 0.493 e. The maximum Gasteiger partial charge on any atom is 0.163 e. The fourth-order valence-electron chi connectivity index (χ4n) is 4.80. The number of pyridine rings is 1. The molecule has 38 heavy (non-hydrogen) atoms. The Kier molecular flexibility index (Phi) is 6.97. The van der Waals surface area contributed by atoms with Gasteiger partial charge in [0.25, 0.3) is 0 Å². The maximum atomic E-state index is 13.9. The normalized spacial score (nSPS) is 17.6. The smallest absolute Gasteiger partial charge is 0.163 e. The summed E-state index contributed by atoms with van der Waals surface area (Å²) >= 11 is 6.08. The number of fused-ring (bicyclic) bond motifs is 1. The van der Waals surface area contributed by atoms with E-state index in [4.69, 9.17) is 26.1 Å². The number of Topliss-reactive ketones (excluding diaryl/α,β-unsaturated/α-hetero) is 1. The third kappa shape index (κ3) is 5.28. The highest BCUT2D eigenvalue weighted by Gasteiger charge is 2.36. The SMILES string of the molecule is COc1cc(C(=O)CCC(C)(O)c2cc3c(c(-c4ccc(F)c(Cl)c4)n2)CNC3(C)C)ccc1OC1CC1. The van der Waals surface area contributed by atoms with Crippen molar-refractivity contribution in [3.63, 3.8) is 0 Å². The number of ketones is 1. The van der Waals surface area contributed by atoms with E-state index in [9.17, 15) is 14.3 Å². The van der Waals surface area contributed by atoms with Crippen LogP contribution in [0.4, 0.5) is 4.39 Å². The first-order valence-electron chi connectivity index (χ1n) is 12.8. The van der Waals surface area contributed by atoms with Gasteiger partial charge in [-0.2, -0.15) is 0 Å². The molecule has 1 saturated carbocycles. The molecular formula is C30H32ClFN2O4. The van der Waals surface area contributed by atoms with Crippen LogP contribution in [-0.4, -0.2) is 29.1 Å². The fraction of sp³-hybridized carbons (Fsp3) is 0.400. The lowest BCUT2D eigenvalue weighted by atomic mass is 9.87. The topological polar surface area (TPSA) is 80.7 Å². The number of ether oxygens (including phenoxy) is 2. The van der Waals surface area contributed by atoms with Gasteiger partial charge in [0, 0.05) is 29.6 Å². The highest BCUT2D eigenvalue weighted by Crippen LogP contribution is 2.40. The van der Waals surface area contributed by atoms with Crippen molar-refractivity contribution >= 4 is 17.4 Å². The monoisotopic (exact) mass is 538 g/mol. The number of carbonyl (C=O) groups excluding carboxylic acids is 1.